The Kier molecular flexibility index (Phi) is 2.69. The molecule has 0 radical (unpaired) electrons. The Morgan fingerprint density at radius 1 is 1.12 bits per heavy atom. The second-order valence-corrected chi connectivity index (χ2v) is 4.63. The molecule has 0 spiro atoms. The van der Waals surface area contributed by atoms with Gasteiger partial charge in [-0.3, -0.25) is 10.2 Å². The van der Waals surface area contributed by atoms with E-state index in [4.69, 9.17) is 0 Å². The van der Waals surface area contributed by atoms with Gasteiger partial charge in [-0.1, -0.05) is 30.7 Å². The van der Waals surface area contributed by atoms with E-state index < -0.39 is 0 Å². The van der Waals surface area contributed by atoms with E-state index in [9.17, 15) is 4.79 Å². The number of amides is 1. The van der Waals surface area contributed by atoms with Crippen LogP contribution in [-0.2, 0) is 4.79 Å². The van der Waals surface area contributed by atoms with Gasteiger partial charge in [0.25, 0.3) is 5.91 Å². The maximum absolute atomic E-state index is 12.1. The smallest absolute Gasteiger partial charge is 0.266 e. The Morgan fingerprint density at radius 2 is 1.94 bits per heavy atom. The molecular formula is C14H16N2O. The van der Waals surface area contributed by atoms with E-state index >= 15 is 0 Å². The Balaban J connectivity index is 1.71. The average molecular weight is 228 g/mol. The molecule has 3 heteroatoms. The number of allylic oxidation sites excluding steroid dienone is 6. The second-order valence-electron chi connectivity index (χ2n) is 4.63. The van der Waals surface area contributed by atoms with Crippen molar-refractivity contribution in [2.24, 2.45) is 0 Å². The SMILES string of the molecule is O=C(NN1CCCCC1)C1=C2C=CC=C2C=C1. The summed E-state index contributed by atoms with van der Waals surface area (Å²) >= 11 is 0. The molecule has 3 nitrogen and oxygen atoms in total. The van der Waals surface area contributed by atoms with E-state index in [0.717, 1.165) is 29.8 Å². The molecule has 1 saturated heterocycles. The molecular weight excluding hydrogens is 212 g/mol. The lowest BCUT2D eigenvalue weighted by atomic mass is 10.1. The van der Waals surface area contributed by atoms with E-state index in [2.05, 4.69) is 5.43 Å². The minimum atomic E-state index is 0.0214. The highest BCUT2D eigenvalue weighted by molar-refractivity contribution is 6.00. The van der Waals surface area contributed by atoms with Crippen molar-refractivity contribution in [2.75, 3.05) is 13.1 Å². The first-order valence-electron chi connectivity index (χ1n) is 6.21. The van der Waals surface area contributed by atoms with Crippen molar-refractivity contribution in [1.82, 2.24) is 10.4 Å². The van der Waals surface area contributed by atoms with Crippen LogP contribution in [0.1, 0.15) is 19.3 Å². The van der Waals surface area contributed by atoms with Gasteiger partial charge >= 0.3 is 0 Å². The average Bonchev–Trinajstić information content (AvgIpc) is 2.91. The molecule has 0 saturated carbocycles. The molecule has 1 aliphatic heterocycles. The fourth-order valence-corrected chi connectivity index (χ4v) is 2.50. The summed E-state index contributed by atoms with van der Waals surface area (Å²) < 4.78 is 0. The molecule has 17 heavy (non-hydrogen) atoms. The second kappa shape index (κ2) is 4.34. The van der Waals surface area contributed by atoms with E-state index in [1.807, 2.05) is 35.4 Å². The van der Waals surface area contributed by atoms with Crippen molar-refractivity contribution in [3.05, 3.63) is 47.1 Å². The molecule has 88 valence electrons. The minimum absolute atomic E-state index is 0.0214. The van der Waals surface area contributed by atoms with Gasteiger partial charge in [-0.25, -0.2) is 5.01 Å². The van der Waals surface area contributed by atoms with Crippen molar-refractivity contribution in [3.8, 4) is 0 Å². The van der Waals surface area contributed by atoms with E-state index in [0.29, 0.717) is 0 Å². The first-order valence-corrected chi connectivity index (χ1v) is 6.21. The topological polar surface area (TPSA) is 32.3 Å². The zero-order valence-corrected chi connectivity index (χ0v) is 9.78. The minimum Gasteiger partial charge on any atom is -0.285 e. The highest BCUT2D eigenvalue weighted by Gasteiger charge is 2.22. The Morgan fingerprint density at radius 3 is 2.76 bits per heavy atom. The number of fused-ring (bicyclic) bond motifs is 1. The Hall–Kier alpha value is -1.61. The molecule has 2 aliphatic carbocycles. The van der Waals surface area contributed by atoms with Gasteiger partial charge in [0.15, 0.2) is 0 Å². The highest BCUT2D eigenvalue weighted by atomic mass is 16.2. The van der Waals surface area contributed by atoms with Crippen molar-refractivity contribution < 1.29 is 4.79 Å². The third kappa shape index (κ3) is 1.98. The monoisotopic (exact) mass is 228 g/mol. The molecule has 1 heterocycles. The summed E-state index contributed by atoms with van der Waals surface area (Å²) in [5, 5.41) is 2.04. The number of hydrogen-bond donors (Lipinski definition) is 1. The van der Waals surface area contributed by atoms with Crippen LogP contribution in [0.15, 0.2) is 47.1 Å². The molecule has 0 aromatic rings. The third-order valence-corrected chi connectivity index (χ3v) is 3.43. The summed E-state index contributed by atoms with van der Waals surface area (Å²) in [6.45, 7) is 1.94. The van der Waals surface area contributed by atoms with Gasteiger partial charge in [0.2, 0.25) is 0 Å². The van der Waals surface area contributed by atoms with Crippen LogP contribution in [0.5, 0.6) is 0 Å². The van der Waals surface area contributed by atoms with Crippen molar-refractivity contribution in [1.29, 1.82) is 0 Å². The first-order chi connectivity index (χ1) is 8.34. The number of hydrogen-bond acceptors (Lipinski definition) is 2. The maximum Gasteiger partial charge on any atom is 0.266 e. The zero-order valence-electron chi connectivity index (χ0n) is 9.78. The first kappa shape index (κ1) is 10.5. The standard InChI is InChI=1S/C14H16N2O/c17-14(15-16-9-2-1-3-10-16)13-8-7-11-5-4-6-12(11)13/h4-8H,1-3,9-10H2,(H,15,17). The van der Waals surface area contributed by atoms with Crippen LogP contribution in [0.3, 0.4) is 0 Å². The van der Waals surface area contributed by atoms with Gasteiger partial charge in [-0.15, -0.1) is 0 Å². The Bertz CT molecular complexity index is 463. The third-order valence-electron chi connectivity index (χ3n) is 3.43. The normalized spacial score (nSPS) is 22.9. The van der Waals surface area contributed by atoms with Crippen molar-refractivity contribution in [2.45, 2.75) is 19.3 Å². The lowest BCUT2D eigenvalue weighted by molar-refractivity contribution is -0.122. The maximum atomic E-state index is 12.1. The molecule has 1 fully saturated rings. The van der Waals surface area contributed by atoms with E-state index in [1.54, 1.807) is 0 Å². The van der Waals surface area contributed by atoms with Gasteiger partial charge in [-0.2, -0.15) is 0 Å². The molecule has 0 atom stereocenters. The predicted molar refractivity (Wildman–Crippen MR) is 67.0 cm³/mol. The van der Waals surface area contributed by atoms with Gasteiger partial charge in [0, 0.05) is 18.7 Å². The van der Waals surface area contributed by atoms with Crippen LogP contribution in [0.2, 0.25) is 0 Å². The zero-order chi connectivity index (χ0) is 11.7. The summed E-state index contributed by atoms with van der Waals surface area (Å²) in [5.41, 5.74) is 5.99. The van der Waals surface area contributed by atoms with Crippen molar-refractivity contribution >= 4 is 5.91 Å². The summed E-state index contributed by atoms with van der Waals surface area (Å²) in [4.78, 5) is 12.1. The molecule has 3 rings (SSSR count). The number of nitrogens with zero attached hydrogens (tertiary/aromatic N) is 1. The summed E-state index contributed by atoms with van der Waals surface area (Å²) in [6.07, 6.45) is 13.6. The molecule has 1 amide bonds. The van der Waals surface area contributed by atoms with Crippen LogP contribution in [0.4, 0.5) is 0 Å². The Labute approximate surface area is 101 Å². The summed E-state index contributed by atoms with van der Waals surface area (Å²) in [7, 11) is 0. The van der Waals surface area contributed by atoms with Crippen LogP contribution in [0, 0.1) is 0 Å². The van der Waals surface area contributed by atoms with Gasteiger partial charge < -0.3 is 0 Å². The quantitative estimate of drug-likeness (QED) is 0.782. The fourth-order valence-electron chi connectivity index (χ4n) is 2.50. The number of rotatable bonds is 2. The van der Waals surface area contributed by atoms with Gasteiger partial charge in [0.05, 0.1) is 0 Å². The number of carbonyl (C=O) groups excluding carboxylic acids is 1. The number of nitrogens with one attached hydrogen (secondary N) is 1. The molecule has 0 aromatic carbocycles. The van der Waals surface area contributed by atoms with Gasteiger partial charge in [-0.05, 0) is 30.1 Å². The summed E-state index contributed by atoms with van der Waals surface area (Å²) in [6, 6.07) is 0. The highest BCUT2D eigenvalue weighted by Crippen LogP contribution is 2.29. The van der Waals surface area contributed by atoms with E-state index in [1.165, 1.54) is 19.3 Å². The van der Waals surface area contributed by atoms with Gasteiger partial charge in [0.1, 0.15) is 0 Å². The summed E-state index contributed by atoms with van der Waals surface area (Å²) in [5.74, 6) is 0.0214. The fraction of sp³-hybridized carbons (Fsp3) is 0.357. The molecule has 0 unspecified atom stereocenters. The lowest BCUT2D eigenvalue weighted by Crippen LogP contribution is -2.45. The predicted octanol–water partition coefficient (Wildman–Crippen LogP) is 1.87. The largest absolute Gasteiger partial charge is 0.285 e. The molecule has 1 N–H and O–H groups in total. The van der Waals surface area contributed by atoms with Crippen LogP contribution in [0.25, 0.3) is 0 Å². The molecule has 3 aliphatic rings. The van der Waals surface area contributed by atoms with E-state index in [-0.39, 0.29) is 5.91 Å². The number of hydrazine groups is 1. The number of piperidine rings is 1. The molecule has 0 aromatic heterocycles. The van der Waals surface area contributed by atoms with Crippen LogP contribution >= 0.6 is 0 Å². The van der Waals surface area contributed by atoms with Crippen LogP contribution < -0.4 is 5.43 Å². The van der Waals surface area contributed by atoms with Crippen molar-refractivity contribution in [3.63, 3.8) is 0 Å². The number of carbonyl (C=O) groups is 1. The molecule has 0 bridgehead atoms. The lowest BCUT2D eigenvalue weighted by Gasteiger charge is -2.26. The van der Waals surface area contributed by atoms with Crippen LogP contribution in [-0.4, -0.2) is 24.0 Å².